The molecule has 0 spiro atoms. The van der Waals surface area contributed by atoms with Crippen molar-refractivity contribution in [3.63, 3.8) is 0 Å². The lowest BCUT2D eigenvalue weighted by Crippen LogP contribution is -2.81. The molecular formula is C9F20. The minimum Gasteiger partial charge on any atom is -0.220 e. The summed E-state index contributed by atoms with van der Waals surface area (Å²) in [6.07, 6.45) is -33.8. The number of rotatable bonds is 4. The van der Waals surface area contributed by atoms with E-state index in [0.29, 0.717) is 0 Å². The van der Waals surface area contributed by atoms with Crippen molar-refractivity contribution in [1.82, 2.24) is 0 Å². The van der Waals surface area contributed by atoms with Crippen LogP contribution in [0.25, 0.3) is 0 Å². The van der Waals surface area contributed by atoms with Crippen LogP contribution in [0.5, 0.6) is 0 Å². The third-order valence-corrected chi connectivity index (χ3v) is 3.22. The molecule has 0 aliphatic heterocycles. The van der Waals surface area contributed by atoms with Crippen LogP contribution in [0.2, 0.25) is 0 Å². The van der Waals surface area contributed by atoms with Crippen molar-refractivity contribution in [2.45, 2.75) is 53.8 Å². The van der Waals surface area contributed by atoms with Crippen LogP contribution in [-0.2, 0) is 0 Å². The highest BCUT2D eigenvalue weighted by atomic mass is 19.4. The van der Waals surface area contributed by atoms with Crippen molar-refractivity contribution < 1.29 is 87.8 Å². The first-order chi connectivity index (χ1) is 12.0. The van der Waals surface area contributed by atoms with Gasteiger partial charge in [0, 0.05) is 0 Å². The SMILES string of the molecule is FC(F)(F)C(F)(F)C(F)(F)C(F)(C(F)(F)F)C(F)(F)C(F)(C(F)(F)F)C(F)(F)F. The molecule has 0 bridgehead atoms. The van der Waals surface area contributed by atoms with Crippen molar-refractivity contribution in [2.24, 2.45) is 0 Å². The van der Waals surface area contributed by atoms with Crippen LogP contribution < -0.4 is 0 Å². The topological polar surface area (TPSA) is 0 Å². The first kappa shape index (κ1) is 27.6. The molecule has 0 aliphatic carbocycles. The zero-order chi connectivity index (χ0) is 24.5. The monoisotopic (exact) mass is 488 g/mol. The molecular weight excluding hydrogens is 488 g/mol. The normalized spacial score (nSPS) is 18.6. The van der Waals surface area contributed by atoms with E-state index in [2.05, 4.69) is 0 Å². The fraction of sp³-hybridized carbons (Fsp3) is 1.00. The Labute approximate surface area is 143 Å². The number of alkyl halides is 20. The predicted octanol–water partition coefficient (Wildman–Crippen LogP) is 6.56. The van der Waals surface area contributed by atoms with Crippen molar-refractivity contribution in [3.8, 4) is 0 Å². The summed E-state index contributed by atoms with van der Waals surface area (Å²) in [5.41, 5.74) is -18.4. The van der Waals surface area contributed by atoms with Crippen molar-refractivity contribution in [3.05, 3.63) is 0 Å². The fourth-order valence-electron chi connectivity index (χ4n) is 1.70. The number of halogens is 20. The summed E-state index contributed by atoms with van der Waals surface area (Å²) in [6.45, 7) is 0. The minimum absolute atomic E-state index is 8.13. The maximum absolute atomic E-state index is 13.6. The summed E-state index contributed by atoms with van der Waals surface area (Å²) in [4.78, 5) is 0. The van der Waals surface area contributed by atoms with E-state index in [1.54, 1.807) is 0 Å². The molecule has 0 aromatic heterocycles. The lowest BCUT2D eigenvalue weighted by atomic mass is 9.76. The van der Waals surface area contributed by atoms with Crippen LogP contribution in [-0.4, -0.2) is 53.8 Å². The van der Waals surface area contributed by atoms with Gasteiger partial charge in [-0.05, 0) is 0 Å². The molecule has 0 fully saturated rings. The van der Waals surface area contributed by atoms with E-state index in [1.165, 1.54) is 0 Å². The second-order valence-electron chi connectivity index (χ2n) is 5.03. The molecule has 0 saturated carbocycles. The third kappa shape index (κ3) is 3.23. The summed E-state index contributed by atoms with van der Waals surface area (Å²) < 4.78 is 251. The zero-order valence-corrected chi connectivity index (χ0v) is 12.1. The molecule has 0 saturated heterocycles. The summed E-state index contributed by atoms with van der Waals surface area (Å²) in [5.74, 6) is -27.2. The first-order valence-electron chi connectivity index (χ1n) is 5.78. The molecule has 0 rings (SSSR count). The van der Waals surface area contributed by atoms with Gasteiger partial charge >= 0.3 is 53.8 Å². The molecule has 29 heavy (non-hydrogen) atoms. The Morgan fingerprint density at radius 2 is 0.448 bits per heavy atom. The Kier molecular flexibility index (Phi) is 6.00. The highest BCUT2D eigenvalue weighted by molar-refractivity contribution is 5.23. The lowest BCUT2D eigenvalue weighted by molar-refractivity contribution is -0.483. The van der Waals surface area contributed by atoms with Crippen molar-refractivity contribution in [2.75, 3.05) is 0 Å². The lowest BCUT2D eigenvalue weighted by Gasteiger charge is -2.47. The van der Waals surface area contributed by atoms with Crippen LogP contribution in [0.4, 0.5) is 87.8 Å². The van der Waals surface area contributed by atoms with Gasteiger partial charge in [-0.1, -0.05) is 0 Å². The van der Waals surface area contributed by atoms with Crippen molar-refractivity contribution in [1.29, 1.82) is 0 Å². The Morgan fingerprint density at radius 3 is 0.621 bits per heavy atom. The smallest absolute Gasteiger partial charge is 0.220 e. The molecule has 20 heteroatoms. The van der Waals surface area contributed by atoms with Gasteiger partial charge < -0.3 is 0 Å². The zero-order valence-electron chi connectivity index (χ0n) is 12.1. The second kappa shape index (κ2) is 6.30. The Bertz CT molecular complexity index is 581. The van der Waals surface area contributed by atoms with E-state index in [9.17, 15) is 87.8 Å². The Balaban J connectivity index is 7.55. The van der Waals surface area contributed by atoms with Gasteiger partial charge in [0.05, 0.1) is 0 Å². The molecule has 0 aromatic carbocycles. The third-order valence-electron chi connectivity index (χ3n) is 3.22. The fourth-order valence-corrected chi connectivity index (χ4v) is 1.70. The molecule has 0 nitrogen and oxygen atoms in total. The van der Waals surface area contributed by atoms with Crippen LogP contribution in [0, 0.1) is 0 Å². The van der Waals surface area contributed by atoms with E-state index in [-0.39, 0.29) is 0 Å². The van der Waals surface area contributed by atoms with Crippen LogP contribution >= 0.6 is 0 Å². The highest BCUT2D eigenvalue weighted by Gasteiger charge is 3.01. The van der Waals surface area contributed by atoms with E-state index in [1.807, 2.05) is 0 Å². The van der Waals surface area contributed by atoms with Gasteiger partial charge in [0.2, 0.25) is 0 Å². The van der Waals surface area contributed by atoms with Gasteiger partial charge in [0.15, 0.2) is 0 Å². The molecule has 0 amide bonds. The minimum atomic E-state index is -9.38. The van der Waals surface area contributed by atoms with E-state index < -0.39 is 53.8 Å². The van der Waals surface area contributed by atoms with Gasteiger partial charge in [-0.25, -0.2) is 8.78 Å². The van der Waals surface area contributed by atoms with Gasteiger partial charge in [-0.3, -0.25) is 0 Å². The molecule has 1 unspecified atom stereocenters. The second-order valence-corrected chi connectivity index (χ2v) is 5.03. The average molecular weight is 488 g/mol. The molecule has 0 heterocycles. The summed E-state index contributed by atoms with van der Waals surface area (Å²) in [6, 6.07) is 0. The molecule has 0 radical (unpaired) electrons. The largest absolute Gasteiger partial charge is 0.460 e. The van der Waals surface area contributed by atoms with E-state index >= 15 is 0 Å². The molecule has 0 aliphatic rings. The highest BCUT2D eigenvalue weighted by Crippen LogP contribution is 2.68. The predicted molar refractivity (Wildman–Crippen MR) is 46.7 cm³/mol. The van der Waals surface area contributed by atoms with E-state index in [0.717, 1.165) is 0 Å². The molecule has 176 valence electrons. The van der Waals surface area contributed by atoms with E-state index in [4.69, 9.17) is 0 Å². The standard InChI is InChI=1S/C9F20/c10-1(6(18,19)20,4(14,15)5(16,17)9(27,28)29)3(12,13)2(11,7(21,22)23)8(24,25)26. The maximum Gasteiger partial charge on any atom is 0.460 e. The molecule has 0 aromatic rings. The van der Waals surface area contributed by atoms with Crippen LogP contribution in [0.1, 0.15) is 0 Å². The van der Waals surface area contributed by atoms with Crippen molar-refractivity contribution >= 4 is 0 Å². The van der Waals surface area contributed by atoms with Crippen LogP contribution in [0.3, 0.4) is 0 Å². The first-order valence-corrected chi connectivity index (χ1v) is 5.78. The van der Waals surface area contributed by atoms with Gasteiger partial charge in [0.25, 0.3) is 0 Å². The Morgan fingerprint density at radius 1 is 0.207 bits per heavy atom. The van der Waals surface area contributed by atoms with Crippen LogP contribution in [0.15, 0.2) is 0 Å². The van der Waals surface area contributed by atoms with Gasteiger partial charge in [0.1, 0.15) is 0 Å². The average Bonchev–Trinajstić information content (AvgIpc) is 2.39. The quantitative estimate of drug-likeness (QED) is 0.394. The summed E-state index contributed by atoms with van der Waals surface area (Å²) in [5, 5.41) is 0. The Hall–Kier alpha value is -1.40. The van der Waals surface area contributed by atoms with Gasteiger partial charge in [-0.15, -0.1) is 0 Å². The molecule has 1 atom stereocenters. The summed E-state index contributed by atoms with van der Waals surface area (Å²) >= 11 is 0. The van der Waals surface area contributed by atoms with Gasteiger partial charge in [-0.2, -0.15) is 79.0 Å². The number of hydrogen-bond acceptors (Lipinski definition) is 0. The maximum atomic E-state index is 13.6. The number of hydrogen-bond donors (Lipinski definition) is 0. The summed E-state index contributed by atoms with van der Waals surface area (Å²) in [7, 11) is 0. The molecule has 0 N–H and O–H groups in total.